The van der Waals surface area contributed by atoms with Crippen molar-refractivity contribution >= 4 is 0 Å². The van der Waals surface area contributed by atoms with E-state index in [2.05, 4.69) is 25.8 Å². The molecule has 0 aromatic heterocycles. The highest BCUT2D eigenvalue weighted by Crippen LogP contribution is 2.32. The molecule has 1 aliphatic heterocycles. The van der Waals surface area contributed by atoms with Crippen LogP contribution in [0.3, 0.4) is 0 Å². The predicted octanol–water partition coefficient (Wildman–Crippen LogP) is 4.71. The Labute approximate surface area is 109 Å². The maximum Gasteiger partial charge on any atom is -0.00190 e. The molecule has 1 aliphatic rings. The zero-order valence-corrected chi connectivity index (χ0v) is 12.4. The first kappa shape index (κ1) is 15.0. The maximum absolute atomic E-state index is 2.50. The molecule has 1 nitrogen and oxygen atoms in total. The molecule has 0 radical (unpaired) electrons. The van der Waals surface area contributed by atoms with E-state index in [4.69, 9.17) is 0 Å². The molecule has 0 aromatic rings. The van der Waals surface area contributed by atoms with Gasteiger partial charge in [-0.1, -0.05) is 58.8 Å². The van der Waals surface area contributed by atoms with Crippen molar-refractivity contribution in [3.05, 3.63) is 0 Å². The molecule has 0 spiro atoms. The Hall–Kier alpha value is -0.0400. The maximum atomic E-state index is 2.50. The first-order valence-electron chi connectivity index (χ1n) is 7.96. The van der Waals surface area contributed by atoms with E-state index in [0.717, 1.165) is 11.8 Å². The molecule has 0 N–H and O–H groups in total. The van der Waals surface area contributed by atoms with Gasteiger partial charge in [-0.05, 0) is 44.8 Å². The van der Waals surface area contributed by atoms with Gasteiger partial charge >= 0.3 is 0 Å². The summed E-state index contributed by atoms with van der Waals surface area (Å²) in [6.45, 7) is 7.32. The van der Waals surface area contributed by atoms with Gasteiger partial charge in [-0.25, -0.2) is 0 Å². The zero-order valence-electron chi connectivity index (χ0n) is 12.4. The van der Waals surface area contributed by atoms with E-state index in [9.17, 15) is 0 Å². The molecule has 1 atom stereocenters. The molecular formula is C16H33N. The summed E-state index contributed by atoms with van der Waals surface area (Å²) >= 11 is 0. The topological polar surface area (TPSA) is 3.24 Å². The second kappa shape index (κ2) is 8.97. The van der Waals surface area contributed by atoms with Crippen LogP contribution in [0.4, 0.5) is 0 Å². The number of likely N-dealkylation sites (tertiary alicyclic amines) is 1. The van der Waals surface area contributed by atoms with Crippen LogP contribution >= 0.6 is 0 Å². The van der Waals surface area contributed by atoms with E-state index >= 15 is 0 Å². The van der Waals surface area contributed by atoms with Crippen LogP contribution < -0.4 is 0 Å². The third-order valence-corrected chi connectivity index (χ3v) is 4.54. The summed E-state index contributed by atoms with van der Waals surface area (Å²) in [7, 11) is 2.27. The number of rotatable bonds is 8. The SMILES string of the molecule is CCCCCC(CCCC)C1CCN(C)CC1. The lowest BCUT2D eigenvalue weighted by Crippen LogP contribution is -2.33. The first-order valence-corrected chi connectivity index (χ1v) is 7.96. The minimum Gasteiger partial charge on any atom is -0.306 e. The summed E-state index contributed by atoms with van der Waals surface area (Å²) < 4.78 is 0. The van der Waals surface area contributed by atoms with Crippen molar-refractivity contribution in [1.82, 2.24) is 4.90 Å². The molecule has 1 saturated heterocycles. The van der Waals surface area contributed by atoms with Gasteiger partial charge in [0.1, 0.15) is 0 Å². The van der Waals surface area contributed by atoms with Gasteiger partial charge in [0.2, 0.25) is 0 Å². The quantitative estimate of drug-likeness (QED) is 0.554. The minimum atomic E-state index is 1.04. The molecule has 1 rings (SSSR count). The van der Waals surface area contributed by atoms with Gasteiger partial charge in [-0.15, -0.1) is 0 Å². The lowest BCUT2D eigenvalue weighted by Gasteiger charge is -2.34. The highest BCUT2D eigenvalue weighted by atomic mass is 15.1. The number of hydrogen-bond donors (Lipinski definition) is 0. The fourth-order valence-electron chi connectivity index (χ4n) is 3.24. The van der Waals surface area contributed by atoms with Crippen LogP contribution in [0.25, 0.3) is 0 Å². The van der Waals surface area contributed by atoms with Gasteiger partial charge in [0, 0.05) is 0 Å². The van der Waals surface area contributed by atoms with Crippen LogP contribution in [0.15, 0.2) is 0 Å². The molecule has 0 amide bonds. The van der Waals surface area contributed by atoms with Gasteiger partial charge in [-0.2, -0.15) is 0 Å². The van der Waals surface area contributed by atoms with Crippen molar-refractivity contribution in [2.24, 2.45) is 11.8 Å². The van der Waals surface area contributed by atoms with Crippen molar-refractivity contribution in [2.45, 2.75) is 71.6 Å². The third kappa shape index (κ3) is 5.90. The van der Waals surface area contributed by atoms with Crippen molar-refractivity contribution < 1.29 is 0 Å². The van der Waals surface area contributed by atoms with E-state index in [1.54, 1.807) is 0 Å². The number of unbranched alkanes of at least 4 members (excludes halogenated alkanes) is 3. The third-order valence-electron chi connectivity index (χ3n) is 4.54. The monoisotopic (exact) mass is 239 g/mol. The Morgan fingerprint density at radius 2 is 1.53 bits per heavy atom. The van der Waals surface area contributed by atoms with Crippen LogP contribution in [0, 0.1) is 11.8 Å². The van der Waals surface area contributed by atoms with Crippen LogP contribution in [-0.4, -0.2) is 25.0 Å². The van der Waals surface area contributed by atoms with Gasteiger partial charge in [0.05, 0.1) is 0 Å². The van der Waals surface area contributed by atoms with Crippen LogP contribution in [-0.2, 0) is 0 Å². The van der Waals surface area contributed by atoms with Gasteiger partial charge in [-0.3, -0.25) is 0 Å². The molecule has 1 heterocycles. The fraction of sp³-hybridized carbons (Fsp3) is 1.00. The average molecular weight is 239 g/mol. The molecule has 0 aromatic carbocycles. The summed E-state index contributed by atoms with van der Waals surface area (Å²) in [5.74, 6) is 2.07. The Bertz CT molecular complexity index is 170. The molecule has 0 bridgehead atoms. The lowest BCUT2D eigenvalue weighted by atomic mass is 9.78. The Morgan fingerprint density at radius 3 is 2.12 bits per heavy atom. The Balaban J connectivity index is 2.32. The summed E-state index contributed by atoms with van der Waals surface area (Å²) in [4.78, 5) is 2.50. The smallest absolute Gasteiger partial charge is 0.00190 e. The second-order valence-electron chi connectivity index (χ2n) is 6.04. The minimum absolute atomic E-state index is 1.04. The predicted molar refractivity (Wildman–Crippen MR) is 77.4 cm³/mol. The van der Waals surface area contributed by atoms with E-state index in [1.807, 2.05) is 0 Å². The molecule has 0 saturated carbocycles. The van der Waals surface area contributed by atoms with E-state index in [-0.39, 0.29) is 0 Å². The summed E-state index contributed by atoms with van der Waals surface area (Å²) in [5, 5.41) is 0. The Kier molecular flexibility index (Phi) is 7.92. The molecule has 1 unspecified atom stereocenters. The highest BCUT2D eigenvalue weighted by molar-refractivity contribution is 4.76. The highest BCUT2D eigenvalue weighted by Gasteiger charge is 2.24. The summed E-state index contributed by atoms with van der Waals surface area (Å²) in [6.07, 6.45) is 13.0. The van der Waals surface area contributed by atoms with Crippen LogP contribution in [0.5, 0.6) is 0 Å². The summed E-state index contributed by atoms with van der Waals surface area (Å²) in [5.41, 5.74) is 0. The van der Waals surface area contributed by atoms with Crippen molar-refractivity contribution in [3.8, 4) is 0 Å². The molecule has 102 valence electrons. The number of piperidine rings is 1. The normalized spacial score (nSPS) is 20.6. The van der Waals surface area contributed by atoms with E-state index in [1.165, 1.54) is 70.9 Å². The van der Waals surface area contributed by atoms with Crippen molar-refractivity contribution in [3.63, 3.8) is 0 Å². The van der Waals surface area contributed by atoms with Crippen LogP contribution in [0.2, 0.25) is 0 Å². The van der Waals surface area contributed by atoms with Gasteiger partial charge in [0.15, 0.2) is 0 Å². The molecule has 1 fully saturated rings. The first-order chi connectivity index (χ1) is 8.27. The van der Waals surface area contributed by atoms with Crippen molar-refractivity contribution in [2.75, 3.05) is 20.1 Å². The van der Waals surface area contributed by atoms with E-state index in [0.29, 0.717) is 0 Å². The lowest BCUT2D eigenvalue weighted by molar-refractivity contribution is 0.155. The molecule has 0 aliphatic carbocycles. The number of hydrogen-bond acceptors (Lipinski definition) is 1. The summed E-state index contributed by atoms with van der Waals surface area (Å²) in [6, 6.07) is 0. The largest absolute Gasteiger partial charge is 0.306 e. The molecule has 17 heavy (non-hydrogen) atoms. The van der Waals surface area contributed by atoms with E-state index < -0.39 is 0 Å². The molecular weight excluding hydrogens is 206 g/mol. The number of nitrogens with zero attached hydrogens (tertiary/aromatic N) is 1. The average Bonchev–Trinajstić information content (AvgIpc) is 2.35. The van der Waals surface area contributed by atoms with Crippen LogP contribution in [0.1, 0.15) is 71.6 Å². The standard InChI is InChI=1S/C16H33N/c1-4-6-8-10-15(9-7-5-2)16-11-13-17(3)14-12-16/h15-16H,4-14H2,1-3H3. The van der Waals surface area contributed by atoms with Gasteiger partial charge in [0.25, 0.3) is 0 Å². The fourth-order valence-corrected chi connectivity index (χ4v) is 3.24. The van der Waals surface area contributed by atoms with Gasteiger partial charge < -0.3 is 4.90 Å². The molecule has 1 heteroatoms. The second-order valence-corrected chi connectivity index (χ2v) is 6.04. The zero-order chi connectivity index (χ0) is 12.5. The Morgan fingerprint density at radius 1 is 0.941 bits per heavy atom. The van der Waals surface area contributed by atoms with Crippen molar-refractivity contribution in [1.29, 1.82) is 0 Å².